The molecule has 0 saturated heterocycles. The van der Waals surface area contributed by atoms with Gasteiger partial charge in [-0.05, 0) is 31.4 Å². The van der Waals surface area contributed by atoms with E-state index in [0.29, 0.717) is 6.54 Å². The lowest BCUT2D eigenvalue weighted by Crippen LogP contribution is -2.37. The summed E-state index contributed by atoms with van der Waals surface area (Å²) in [6.45, 7) is 6.81. The van der Waals surface area contributed by atoms with Gasteiger partial charge in [-0.2, -0.15) is 0 Å². The maximum Gasteiger partial charge on any atom is 0.125 e. The highest BCUT2D eigenvalue weighted by atomic mass is 16.5. The molecule has 0 amide bonds. The number of terminal acetylenes is 1. The lowest BCUT2D eigenvalue weighted by Gasteiger charge is -2.18. The van der Waals surface area contributed by atoms with Gasteiger partial charge in [0.15, 0.2) is 0 Å². The highest BCUT2D eigenvalue weighted by molar-refractivity contribution is 5.39. The van der Waals surface area contributed by atoms with Crippen molar-refractivity contribution in [2.45, 2.75) is 45.8 Å². The second-order valence-corrected chi connectivity index (χ2v) is 5.10. The minimum atomic E-state index is -0.568. The summed E-state index contributed by atoms with van der Waals surface area (Å²) in [6.07, 6.45) is 6.80. The molecule has 1 rings (SSSR count). The van der Waals surface area contributed by atoms with Crippen molar-refractivity contribution in [3.05, 3.63) is 29.3 Å². The zero-order valence-corrected chi connectivity index (χ0v) is 12.6. The number of para-hydroxylation sites is 1. The Morgan fingerprint density at radius 2 is 2.00 bits per heavy atom. The van der Waals surface area contributed by atoms with E-state index in [9.17, 15) is 5.11 Å². The number of hydrogen-bond donors (Lipinski definition) is 2. The van der Waals surface area contributed by atoms with Gasteiger partial charge in [-0.1, -0.05) is 37.5 Å². The van der Waals surface area contributed by atoms with Crippen LogP contribution in [0.15, 0.2) is 18.2 Å². The smallest absolute Gasteiger partial charge is 0.125 e. The summed E-state index contributed by atoms with van der Waals surface area (Å²) in [6, 6.07) is 6.03. The van der Waals surface area contributed by atoms with Crippen LogP contribution in [-0.2, 0) is 0 Å². The first kappa shape index (κ1) is 16.6. The van der Waals surface area contributed by atoms with E-state index < -0.39 is 6.10 Å². The topological polar surface area (TPSA) is 41.5 Å². The molecule has 110 valence electrons. The van der Waals surface area contributed by atoms with E-state index in [2.05, 4.69) is 18.2 Å². The molecule has 0 radical (unpaired) electrons. The second-order valence-electron chi connectivity index (χ2n) is 5.10. The molecular weight excluding hydrogens is 250 g/mol. The van der Waals surface area contributed by atoms with Crippen molar-refractivity contribution in [3.63, 3.8) is 0 Å². The highest BCUT2D eigenvalue weighted by Gasteiger charge is 2.10. The fourth-order valence-electron chi connectivity index (χ4n) is 2.08. The minimum absolute atomic E-state index is 0.0230. The third-order valence-electron chi connectivity index (χ3n) is 3.21. The number of benzene rings is 1. The van der Waals surface area contributed by atoms with Crippen molar-refractivity contribution in [3.8, 4) is 18.1 Å². The van der Waals surface area contributed by atoms with Gasteiger partial charge in [0.2, 0.25) is 0 Å². The summed E-state index contributed by atoms with van der Waals surface area (Å²) in [4.78, 5) is 0. The van der Waals surface area contributed by atoms with E-state index in [4.69, 9.17) is 11.2 Å². The average Bonchev–Trinajstić information content (AvgIpc) is 2.42. The number of aryl methyl sites for hydroxylation is 2. The van der Waals surface area contributed by atoms with Gasteiger partial charge in [0.25, 0.3) is 0 Å². The van der Waals surface area contributed by atoms with E-state index in [1.807, 2.05) is 32.0 Å². The average molecular weight is 275 g/mol. The molecule has 0 saturated carbocycles. The molecule has 2 atom stereocenters. The Kier molecular flexibility index (Phi) is 7.14. The van der Waals surface area contributed by atoms with Crippen LogP contribution >= 0.6 is 0 Å². The second kappa shape index (κ2) is 8.63. The number of ether oxygens (including phenoxy) is 1. The van der Waals surface area contributed by atoms with E-state index in [-0.39, 0.29) is 12.6 Å². The zero-order chi connectivity index (χ0) is 15.0. The van der Waals surface area contributed by atoms with Gasteiger partial charge >= 0.3 is 0 Å². The Bertz CT molecular complexity index is 431. The van der Waals surface area contributed by atoms with E-state index in [0.717, 1.165) is 29.7 Å². The molecule has 20 heavy (non-hydrogen) atoms. The number of aliphatic hydroxyl groups excluding tert-OH is 1. The third kappa shape index (κ3) is 5.24. The standard InChI is InChI=1S/C17H25NO2/c1-5-8-15(6-2)18-11-16(19)12-20-17-13(3)9-7-10-14(17)4/h2,7,9-10,15-16,18-19H,5,8,11-12H2,1,3-4H3. The minimum Gasteiger partial charge on any atom is -0.490 e. The van der Waals surface area contributed by atoms with Crippen LogP contribution in [0.3, 0.4) is 0 Å². The molecule has 0 aliphatic rings. The van der Waals surface area contributed by atoms with Crippen molar-refractivity contribution < 1.29 is 9.84 Å². The van der Waals surface area contributed by atoms with Crippen molar-refractivity contribution >= 4 is 0 Å². The Hall–Kier alpha value is -1.50. The summed E-state index contributed by atoms with van der Waals surface area (Å²) < 4.78 is 5.71. The predicted octanol–water partition coefficient (Wildman–Crippen LogP) is 2.43. The molecule has 3 nitrogen and oxygen atoms in total. The summed E-state index contributed by atoms with van der Waals surface area (Å²) in [5.74, 6) is 3.54. The Labute approximate surface area is 122 Å². The molecule has 0 spiro atoms. The van der Waals surface area contributed by atoms with Gasteiger partial charge < -0.3 is 15.2 Å². The maximum atomic E-state index is 9.95. The quantitative estimate of drug-likeness (QED) is 0.716. The van der Waals surface area contributed by atoms with Crippen molar-refractivity contribution in [2.24, 2.45) is 0 Å². The first-order valence-electron chi connectivity index (χ1n) is 7.15. The number of rotatable bonds is 8. The van der Waals surface area contributed by atoms with Crippen LogP contribution < -0.4 is 10.1 Å². The number of hydrogen-bond acceptors (Lipinski definition) is 3. The molecule has 0 fully saturated rings. The van der Waals surface area contributed by atoms with Gasteiger partial charge in [-0.3, -0.25) is 0 Å². The number of aliphatic hydroxyl groups is 1. The van der Waals surface area contributed by atoms with Crippen molar-refractivity contribution in [2.75, 3.05) is 13.2 Å². The largest absolute Gasteiger partial charge is 0.490 e. The molecule has 0 aliphatic heterocycles. The van der Waals surface area contributed by atoms with E-state index in [1.165, 1.54) is 0 Å². The monoisotopic (exact) mass is 275 g/mol. The Morgan fingerprint density at radius 1 is 1.35 bits per heavy atom. The van der Waals surface area contributed by atoms with E-state index >= 15 is 0 Å². The van der Waals surface area contributed by atoms with Crippen LogP contribution in [0.5, 0.6) is 5.75 Å². The van der Waals surface area contributed by atoms with Crippen LogP contribution in [0.25, 0.3) is 0 Å². The molecule has 1 aromatic carbocycles. The zero-order valence-electron chi connectivity index (χ0n) is 12.6. The lowest BCUT2D eigenvalue weighted by molar-refractivity contribution is 0.104. The van der Waals surface area contributed by atoms with Gasteiger partial charge in [0, 0.05) is 6.54 Å². The Morgan fingerprint density at radius 3 is 2.55 bits per heavy atom. The molecule has 0 aliphatic carbocycles. The summed E-state index contributed by atoms with van der Waals surface area (Å²) in [7, 11) is 0. The molecule has 2 unspecified atom stereocenters. The van der Waals surface area contributed by atoms with Gasteiger partial charge in [-0.25, -0.2) is 0 Å². The molecule has 1 aromatic rings. The molecule has 0 heterocycles. The normalized spacial score (nSPS) is 13.6. The summed E-state index contributed by atoms with van der Waals surface area (Å²) in [5, 5.41) is 13.1. The van der Waals surface area contributed by atoms with Crippen molar-refractivity contribution in [1.29, 1.82) is 0 Å². The van der Waals surface area contributed by atoms with Crippen molar-refractivity contribution in [1.82, 2.24) is 5.32 Å². The third-order valence-corrected chi connectivity index (χ3v) is 3.21. The molecule has 0 bridgehead atoms. The van der Waals surface area contributed by atoms with Crippen LogP contribution in [0.2, 0.25) is 0 Å². The van der Waals surface area contributed by atoms with Gasteiger partial charge in [-0.15, -0.1) is 6.42 Å². The first-order valence-corrected chi connectivity index (χ1v) is 7.15. The molecule has 0 aromatic heterocycles. The fraction of sp³-hybridized carbons (Fsp3) is 0.529. The maximum absolute atomic E-state index is 9.95. The lowest BCUT2D eigenvalue weighted by atomic mass is 10.1. The van der Waals surface area contributed by atoms with Crippen LogP contribution in [0.1, 0.15) is 30.9 Å². The highest BCUT2D eigenvalue weighted by Crippen LogP contribution is 2.22. The van der Waals surface area contributed by atoms with Gasteiger partial charge in [0.05, 0.1) is 6.04 Å². The fourth-order valence-corrected chi connectivity index (χ4v) is 2.08. The number of nitrogens with one attached hydrogen (secondary N) is 1. The van der Waals surface area contributed by atoms with Crippen LogP contribution in [-0.4, -0.2) is 30.4 Å². The van der Waals surface area contributed by atoms with Crippen LogP contribution in [0, 0.1) is 26.2 Å². The summed E-state index contributed by atoms with van der Waals surface area (Å²) in [5.41, 5.74) is 2.16. The Balaban J connectivity index is 2.40. The summed E-state index contributed by atoms with van der Waals surface area (Å²) >= 11 is 0. The molecule has 3 heteroatoms. The van der Waals surface area contributed by atoms with Gasteiger partial charge in [0.1, 0.15) is 18.5 Å². The molecular formula is C17H25NO2. The first-order chi connectivity index (χ1) is 9.58. The molecule has 2 N–H and O–H groups in total. The van der Waals surface area contributed by atoms with Crippen LogP contribution in [0.4, 0.5) is 0 Å². The predicted molar refractivity (Wildman–Crippen MR) is 82.9 cm³/mol. The SMILES string of the molecule is C#CC(CCC)NCC(O)COc1c(C)cccc1C. The van der Waals surface area contributed by atoms with E-state index in [1.54, 1.807) is 0 Å².